The third-order valence-corrected chi connectivity index (χ3v) is 4.45. The third kappa shape index (κ3) is 3.94. The van der Waals surface area contributed by atoms with Crippen LogP contribution in [0.25, 0.3) is 0 Å². The molecular formula is C16H26ClFN2. The highest BCUT2D eigenvalue weighted by Crippen LogP contribution is 2.24. The molecular weight excluding hydrogens is 275 g/mol. The average molecular weight is 301 g/mol. The average Bonchev–Trinajstić information content (AvgIpc) is 2.38. The topological polar surface area (TPSA) is 15.3 Å². The summed E-state index contributed by atoms with van der Waals surface area (Å²) in [6.07, 6.45) is 0.642. The smallest absolute Gasteiger partial charge is 0.127 e. The van der Waals surface area contributed by atoms with Crippen molar-refractivity contribution in [3.63, 3.8) is 0 Å². The van der Waals surface area contributed by atoms with Gasteiger partial charge in [-0.2, -0.15) is 0 Å². The zero-order chi connectivity index (χ0) is 15.3. The first-order valence-corrected chi connectivity index (χ1v) is 7.60. The maximum Gasteiger partial charge on any atom is 0.127 e. The van der Waals surface area contributed by atoms with E-state index >= 15 is 0 Å². The summed E-state index contributed by atoms with van der Waals surface area (Å²) in [6.45, 7) is 10.7. The maximum absolute atomic E-state index is 14.0. The fraction of sp³-hybridized carbons (Fsp3) is 0.625. The number of rotatable bonds is 7. The van der Waals surface area contributed by atoms with E-state index in [0.29, 0.717) is 17.0 Å². The summed E-state index contributed by atoms with van der Waals surface area (Å²) in [6, 6.07) is 5.07. The highest BCUT2D eigenvalue weighted by molar-refractivity contribution is 6.30. The predicted octanol–water partition coefficient (Wildman–Crippen LogP) is 3.73. The molecule has 1 unspecified atom stereocenters. The minimum atomic E-state index is -0.229. The molecule has 1 aromatic carbocycles. The molecule has 0 radical (unpaired) electrons. The molecule has 0 fully saturated rings. The molecule has 0 saturated carbocycles. The molecule has 1 atom stereocenters. The molecule has 1 rings (SSSR count). The summed E-state index contributed by atoms with van der Waals surface area (Å²) in [5.41, 5.74) is 0.651. The monoisotopic (exact) mass is 300 g/mol. The van der Waals surface area contributed by atoms with E-state index in [0.717, 1.165) is 13.1 Å². The molecule has 0 bridgehead atoms. The molecule has 0 aliphatic carbocycles. The molecule has 0 saturated heterocycles. The Hall–Kier alpha value is -0.640. The molecule has 0 aliphatic heterocycles. The van der Waals surface area contributed by atoms with Crippen molar-refractivity contribution in [2.75, 3.05) is 20.1 Å². The second-order valence-electron chi connectivity index (χ2n) is 5.61. The Morgan fingerprint density at radius 3 is 2.35 bits per heavy atom. The van der Waals surface area contributed by atoms with E-state index in [9.17, 15) is 4.39 Å². The van der Waals surface area contributed by atoms with Crippen LogP contribution in [0.3, 0.4) is 0 Å². The first-order chi connectivity index (χ1) is 9.36. The minimum absolute atomic E-state index is 0.0513. The van der Waals surface area contributed by atoms with Gasteiger partial charge in [0.25, 0.3) is 0 Å². The molecule has 114 valence electrons. The lowest BCUT2D eigenvalue weighted by molar-refractivity contribution is 0.0940. The SMILES string of the molecule is CCN(CC)C(C)(C)C(Cc1ccc(Cl)cc1F)NC. The van der Waals surface area contributed by atoms with Crippen molar-refractivity contribution in [3.8, 4) is 0 Å². The first-order valence-electron chi connectivity index (χ1n) is 7.23. The van der Waals surface area contributed by atoms with E-state index in [4.69, 9.17) is 11.6 Å². The molecule has 0 amide bonds. The van der Waals surface area contributed by atoms with Gasteiger partial charge in [0.1, 0.15) is 5.82 Å². The summed E-state index contributed by atoms with van der Waals surface area (Å²) in [5, 5.41) is 3.78. The van der Waals surface area contributed by atoms with Crippen molar-refractivity contribution in [2.24, 2.45) is 0 Å². The summed E-state index contributed by atoms with van der Waals surface area (Å²) >= 11 is 5.81. The summed E-state index contributed by atoms with van der Waals surface area (Å²) in [7, 11) is 1.93. The Morgan fingerprint density at radius 2 is 1.90 bits per heavy atom. The number of likely N-dealkylation sites (N-methyl/N-ethyl adjacent to an activating group) is 2. The fourth-order valence-corrected chi connectivity index (χ4v) is 3.03. The predicted molar refractivity (Wildman–Crippen MR) is 85.0 cm³/mol. The number of halogens is 2. The van der Waals surface area contributed by atoms with Crippen molar-refractivity contribution in [1.82, 2.24) is 10.2 Å². The van der Waals surface area contributed by atoms with E-state index in [1.165, 1.54) is 6.07 Å². The molecule has 0 aliphatic rings. The zero-order valence-electron chi connectivity index (χ0n) is 13.1. The fourth-order valence-electron chi connectivity index (χ4n) is 2.87. The Kier molecular flexibility index (Phi) is 6.44. The summed E-state index contributed by atoms with van der Waals surface area (Å²) in [4.78, 5) is 2.39. The number of hydrogen-bond donors (Lipinski definition) is 1. The zero-order valence-corrected chi connectivity index (χ0v) is 13.9. The van der Waals surface area contributed by atoms with E-state index in [-0.39, 0.29) is 17.4 Å². The lowest BCUT2D eigenvalue weighted by atomic mass is 9.87. The Balaban J connectivity index is 2.96. The maximum atomic E-state index is 14.0. The van der Waals surface area contributed by atoms with E-state index in [1.807, 2.05) is 7.05 Å². The molecule has 20 heavy (non-hydrogen) atoms. The summed E-state index contributed by atoms with van der Waals surface area (Å²) in [5.74, 6) is -0.229. The van der Waals surface area contributed by atoms with Gasteiger partial charge in [0.15, 0.2) is 0 Å². The van der Waals surface area contributed by atoms with Gasteiger partial charge in [0, 0.05) is 16.6 Å². The van der Waals surface area contributed by atoms with Gasteiger partial charge in [-0.25, -0.2) is 4.39 Å². The third-order valence-electron chi connectivity index (χ3n) is 4.22. The van der Waals surface area contributed by atoms with E-state index in [1.54, 1.807) is 12.1 Å². The highest BCUT2D eigenvalue weighted by Gasteiger charge is 2.33. The molecule has 0 aromatic heterocycles. The lowest BCUT2D eigenvalue weighted by Gasteiger charge is -2.43. The van der Waals surface area contributed by atoms with E-state index in [2.05, 4.69) is 37.9 Å². The Bertz CT molecular complexity index is 430. The van der Waals surface area contributed by atoms with Crippen molar-refractivity contribution < 1.29 is 4.39 Å². The van der Waals surface area contributed by atoms with Gasteiger partial charge in [0.2, 0.25) is 0 Å². The van der Waals surface area contributed by atoms with Crippen LogP contribution in [0.5, 0.6) is 0 Å². The number of nitrogens with one attached hydrogen (secondary N) is 1. The second-order valence-corrected chi connectivity index (χ2v) is 6.04. The van der Waals surface area contributed by atoms with Crippen LogP contribution < -0.4 is 5.32 Å². The van der Waals surface area contributed by atoms with Crippen molar-refractivity contribution in [3.05, 3.63) is 34.6 Å². The van der Waals surface area contributed by atoms with Gasteiger partial charge in [-0.1, -0.05) is 31.5 Å². The van der Waals surface area contributed by atoms with Crippen molar-refractivity contribution in [1.29, 1.82) is 0 Å². The molecule has 1 N–H and O–H groups in total. The standard InChI is InChI=1S/C16H26ClFN2/c1-6-20(7-2)16(3,4)15(19-5)10-12-8-9-13(17)11-14(12)18/h8-9,11,15,19H,6-7,10H2,1-5H3. The number of hydrogen-bond acceptors (Lipinski definition) is 2. The van der Waals surface area contributed by atoms with Gasteiger partial charge in [-0.05, 0) is 58.1 Å². The van der Waals surface area contributed by atoms with Crippen LogP contribution in [0.2, 0.25) is 5.02 Å². The number of nitrogens with zero attached hydrogens (tertiary/aromatic N) is 1. The van der Waals surface area contributed by atoms with Gasteiger partial charge in [-0.15, -0.1) is 0 Å². The molecule has 4 heteroatoms. The van der Waals surface area contributed by atoms with Gasteiger partial charge >= 0.3 is 0 Å². The Morgan fingerprint density at radius 1 is 1.30 bits per heavy atom. The van der Waals surface area contributed by atoms with Crippen LogP contribution in [0.15, 0.2) is 18.2 Å². The molecule has 1 aromatic rings. The van der Waals surface area contributed by atoms with Crippen LogP contribution in [0.1, 0.15) is 33.3 Å². The number of benzene rings is 1. The minimum Gasteiger partial charge on any atom is -0.315 e. The highest BCUT2D eigenvalue weighted by atomic mass is 35.5. The lowest BCUT2D eigenvalue weighted by Crippen LogP contribution is -2.57. The van der Waals surface area contributed by atoms with E-state index < -0.39 is 0 Å². The van der Waals surface area contributed by atoms with Crippen LogP contribution in [-0.4, -0.2) is 36.6 Å². The molecule has 0 heterocycles. The second kappa shape index (κ2) is 7.39. The van der Waals surface area contributed by atoms with Crippen LogP contribution in [0, 0.1) is 5.82 Å². The van der Waals surface area contributed by atoms with Crippen molar-refractivity contribution in [2.45, 2.75) is 45.7 Å². The van der Waals surface area contributed by atoms with Gasteiger partial charge in [0.05, 0.1) is 0 Å². The Labute approximate surface area is 127 Å². The largest absolute Gasteiger partial charge is 0.315 e. The summed E-state index contributed by atoms with van der Waals surface area (Å²) < 4.78 is 14.0. The molecule has 0 spiro atoms. The van der Waals surface area contributed by atoms with Gasteiger partial charge < -0.3 is 5.32 Å². The quantitative estimate of drug-likeness (QED) is 0.825. The first kappa shape index (κ1) is 17.4. The molecule has 2 nitrogen and oxygen atoms in total. The van der Waals surface area contributed by atoms with Crippen LogP contribution in [0.4, 0.5) is 4.39 Å². The van der Waals surface area contributed by atoms with Crippen LogP contribution in [-0.2, 0) is 6.42 Å². The van der Waals surface area contributed by atoms with Crippen molar-refractivity contribution >= 4 is 11.6 Å². The van der Waals surface area contributed by atoms with Gasteiger partial charge in [-0.3, -0.25) is 4.90 Å². The normalized spacial score (nSPS) is 13.8. The van der Waals surface area contributed by atoms with Crippen LogP contribution >= 0.6 is 11.6 Å².